The lowest BCUT2D eigenvalue weighted by Gasteiger charge is -2.35. The van der Waals surface area contributed by atoms with Crippen molar-refractivity contribution in [3.63, 3.8) is 0 Å². The van der Waals surface area contributed by atoms with Gasteiger partial charge in [-0.2, -0.15) is 0 Å². The summed E-state index contributed by atoms with van der Waals surface area (Å²) in [6.45, 7) is 5.31. The van der Waals surface area contributed by atoms with Crippen LogP contribution in [0.4, 0.5) is 5.69 Å². The summed E-state index contributed by atoms with van der Waals surface area (Å²) in [5.41, 5.74) is 2.49. The van der Waals surface area contributed by atoms with Crippen LogP contribution >= 0.6 is 11.6 Å². The highest BCUT2D eigenvalue weighted by atomic mass is 35.5. The molecule has 21 heavy (non-hydrogen) atoms. The van der Waals surface area contributed by atoms with Gasteiger partial charge < -0.3 is 10.2 Å². The van der Waals surface area contributed by atoms with Crippen molar-refractivity contribution in [2.75, 3.05) is 24.5 Å². The van der Waals surface area contributed by atoms with Gasteiger partial charge in [-0.1, -0.05) is 48.0 Å². The highest BCUT2D eigenvalue weighted by molar-refractivity contribution is 6.30. The lowest BCUT2D eigenvalue weighted by Crippen LogP contribution is -2.46. The van der Waals surface area contributed by atoms with E-state index in [0.29, 0.717) is 0 Å². The Morgan fingerprint density at radius 1 is 1.10 bits per heavy atom. The molecule has 0 aliphatic carbocycles. The van der Waals surface area contributed by atoms with Gasteiger partial charge in [0.1, 0.15) is 0 Å². The van der Waals surface area contributed by atoms with E-state index in [9.17, 15) is 0 Å². The quantitative estimate of drug-likeness (QED) is 0.900. The number of anilines is 1. The minimum absolute atomic E-state index is 0.0416. The molecule has 2 aromatic rings. The fourth-order valence-corrected chi connectivity index (χ4v) is 3.23. The predicted molar refractivity (Wildman–Crippen MR) is 90.1 cm³/mol. The van der Waals surface area contributed by atoms with E-state index >= 15 is 0 Å². The maximum absolute atomic E-state index is 6.15. The Balaban J connectivity index is 1.90. The molecule has 110 valence electrons. The SMILES string of the molecule is CC1(c2ccccc2)CN(c2cccc(Cl)c2)CCCN1. The van der Waals surface area contributed by atoms with Gasteiger partial charge in [-0.15, -0.1) is 0 Å². The van der Waals surface area contributed by atoms with Gasteiger partial charge in [-0.3, -0.25) is 0 Å². The standard InChI is InChI=1S/C18H21ClN2/c1-18(15-7-3-2-4-8-15)14-21(12-6-11-20-18)17-10-5-9-16(19)13-17/h2-5,7-10,13,20H,6,11-12,14H2,1H3. The summed E-state index contributed by atoms with van der Waals surface area (Å²) >= 11 is 6.15. The van der Waals surface area contributed by atoms with Gasteiger partial charge in [0.2, 0.25) is 0 Å². The van der Waals surface area contributed by atoms with Crippen LogP contribution in [0.25, 0.3) is 0 Å². The Hall–Kier alpha value is -1.51. The lowest BCUT2D eigenvalue weighted by molar-refractivity contribution is 0.392. The van der Waals surface area contributed by atoms with Crippen LogP contribution in [0.2, 0.25) is 5.02 Å². The summed E-state index contributed by atoms with van der Waals surface area (Å²) in [6, 6.07) is 18.8. The van der Waals surface area contributed by atoms with Crippen molar-refractivity contribution in [1.82, 2.24) is 5.32 Å². The van der Waals surface area contributed by atoms with Crippen molar-refractivity contribution in [3.05, 3.63) is 65.2 Å². The molecule has 0 bridgehead atoms. The summed E-state index contributed by atoms with van der Waals surface area (Å²) in [7, 11) is 0. The summed E-state index contributed by atoms with van der Waals surface area (Å²) in [6.07, 6.45) is 1.13. The predicted octanol–water partition coefficient (Wildman–Crippen LogP) is 4.06. The van der Waals surface area contributed by atoms with Crippen LogP contribution in [0.5, 0.6) is 0 Å². The van der Waals surface area contributed by atoms with E-state index in [1.54, 1.807) is 0 Å². The van der Waals surface area contributed by atoms with Gasteiger partial charge in [-0.25, -0.2) is 0 Å². The molecule has 2 nitrogen and oxygen atoms in total. The monoisotopic (exact) mass is 300 g/mol. The largest absolute Gasteiger partial charge is 0.369 e. The second-order valence-electron chi connectivity index (χ2n) is 5.88. The number of nitrogens with one attached hydrogen (secondary N) is 1. The highest BCUT2D eigenvalue weighted by Crippen LogP contribution is 2.28. The molecule has 0 radical (unpaired) electrons. The number of hydrogen-bond acceptors (Lipinski definition) is 2. The number of rotatable bonds is 2. The van der Waals surface area contributed by atoms with E-state index in [4.69, 9.17) is 11.6 Å². The van der Waals surface area contributed by atoms with Crippen LogP contribution in [0.3, 0.4) is 0 Å². The van der Waals surface area contributed by atoms with E-state index in [0.717, 1.165) is 31.1 Å². The molecule has 2 aromatic carbocycles. The van der Waals surface area contributed by atoms with Gasteiger partial charge in [0.15, 0.2) is 0 Å². The summed E-state index contributed by atoms with van der Waals surface area (Å²) in [5, 5.41) is 4.51. The van der Waals surface area contributed by atoms with E-state index in [-0.39, 0.29) is 5.54 Å². The molecule has 0 spiro atoms. The molecule has 1 aliphatic heterocycles. The second-order valence-corrected chi connectivity index (χ2v) is 6.32. The first-order valence-corrected chi connectivity index (χ1v) is 7.86. The molecule has 0 saturated carbocycles. The molecule has 3 rings (SSSR count). The Morgan fingerprint density at radius 2 is 1.90 bits per heavy atom. The molecule has 1 saturated heterocycles. The van der Waals surface area contributed by atoms with Crippen LogP contribution < -0.4 is 10.2 Å². The first kappa shape index (κ1) is 14.4. The highest BCUT2D eigenvalue weighted by Gasteiger charge is 2.30. The zero-order chi connectivity index (χ0) is 14.7. The molecule has 1 heterocycles. The summed E-state index contributed by atoms with van der Waals surface area (Å²) in [4.78, 5) is 2.43. The third-order valence-electron chi connectivity index (χ3n) is 4.21. The molecule has 1 unspecified atom stereocenters. The molecular formula is C18H21ClN2. The first-order valence-electron chi connectivity index (χ1n) is 7.48. The van der Waals surface area contributed by atoms with E-state index in [2.05, 4.69) is 59.6 Å². The molecule has 1 aliphatic rings. The van der Waals surface area contributed by atoms with Crippen LogP contribution in [0.1, 0.15) is 18.9 Å². The molecule has 1 atom stereocenters. The molecule has 1 N–H and O–H groups in total. The van der Waals surface area contributed by atoms with Crippen LogP contribution in [-0.4, -0.2) is 19.6 Å². The van der Waals surface area contributed by atoms with E-state index in [1.165, 1.54) is 11.3 Å². The Morgan fingerprint density at radius 3 is 2.67 bits per heavy atom. The Labute approximate surface area is 131 Å². The number of nitrogens with zero attached hydrogens (tertiary/aromatic N) is 1. The van der Waals surface area contributed by atoms with Crippen LogP contribution in [0, 0.1) is 0 Å². The average molecular weight is 301 g/mol. The molecule has 1 fully saturated rings. The van der Waals surface area contributed by atoms with Gasteiger partial charge in [0.05, 0.1) is 5.54 Å². The van der Waals surface area contributed by atoms with Gasteiger partial charge in [-0.05, 0) is 43.7 Å². The summed E-state index contributed by atoms with van der Waals surface area (Å²) < 4.78 is 0. The maximum atomic E-state index is 6.15. The Kier molecular flexibility index (Phi) is 4.18. The fraction of sp³-hybridized carbons (Fsp3) is 0.333. The third kappa shape index (κ3) is 3.22. The maximum Gasteiger partial charge on any atom is 0.0583 e. The van der Waals surface area contributed by atoms with Crippen molar-refractivity contribution < 1.29 is 0 Å². The van der Waals surface area contributed by atoms with Gasteiger partial charge >= 0.3 is 0 Å². The molecule has 3 heteroatoms. The number of benzene rings is 2. The zero-order valence-electron chi connectivity index (χ0n) is 12.3. The normalized spacial score (nSPS) is 22.9. The third-order valence-corrected chi connectivity index (χ3v) is 4.45. The van der Waals surface area contributed by atoms with Crippen LogP contribution in [0.15, 0.2) is 54.6 Å². The smallest absolute Gasteiger partial charge is 0.0583 e. The molecular weight excluding hydrogens is 280 g/mol. The molecule has 0 aromatic heterocycles. The second kappa shape index (κ2) is 6.08. The number of hydrogen-bond donors (Lipinski definition) is 1. The average Bonchev–Trinajstić information content (AvgIpc) is 2.71. The van der Waals surface area contributed by atoms with Gasteiger partial charge in [0.25, 0.3) is 0 Å². The first-order chi connectivity index (χ1) is 10.2. The zero-order valence-corrected chi connectivity index (χ0v) is 13.1. The van der Waals surface area contributed by atoms with Crippen molar-refractivity contribution in [1.29, 1.82) is 0 Å². The van der Waals surface area contributed by atoms with Crippen molar-refractivity contribution in [2.24, 2.45) is 0 Å². The minimum Gasteiger partial charge on any atom is -0.369 e. The van der Waals surface area contributed by atoms with Crippen LogP contribution in [-0.2, 0) is 5.54 Å². The van der Waals surface area contributed by atoms with Crippen molar-refractivity contribution >= 4 is 17.3 Å². The number of halogens is 1. The van der Waals surface area contributed by atoms with Crippen molar-refractivity contribution in [2.45, 2.75) is 18.9 Å². The Bertz CT molecular complexity index is 599. The molecule has 0 amide bonds. The fourth-order valence-electron chi connectivity index (χ4n) is 3.04. The minimum atomic E-state index is -0.0416. The summed E-state index contributed by atoms with van der Waals surface area (Å²) in [5.74, 6) is 0. The van der Waals surface area contributed by atoms with Gasteiger partial charge in [0, 0.05) is 23.8 Å². The topological polar surface area (TPSA) is 15.3 Å². The van der Waals surface area contributed by atoms with E-state index in [1.807, 2.05) is 12.1 Å². The van der Waals surface area contributed by atoms with E-state index < -0.39 is 0 Å². The van der Waals surface area contributed by atoms with Crippen molar-refractivity contribution in [3.8, 4) is 0 Å². The lowest BCUT2D eigenvalue weighted by atomic mass is 9.91.